The van der Waals surface area contributed by atoms with Crippen molar-refractivity contribution in [1.82, 2.24) is 5.32 Å². The Bertz CT molecular complexity index is 360. The van der Waals surface area contributed by atoms with Crippen molar-refractivity contribution >= 4 is 0 Å². The molecule has 0 heterocycles. The maximum Gasteiger partial charge on any atom is 0.119 e. The summed E-state index contributed by atoms with van der Waals surface area (Å²) in [5.41, 5.74) is 0.772. The molecular formula is C15H25NO3. The van der Waals surface area contributed by atoms with Crippen LogP contribution in [0.25, 0.3) is 0 Å². The van der Waals surface area contributed by atoms with Gasteiger partial charge in [-0.1, -0.05) is 12.1 Å². The van der Waals surface area contributed by atoms with Gasteiger partial charge in [-0.3, -0.25) is 0 Å². The minimum absolute atomic E-state index is 0.00768. The molecule has 0 aliphatic carbocycles. The van der Waals surface area contributed by atoms with Crippen LogP contribution in [0.5, 0.6) is 5.75 Å². The van der Waals surface area contributed by atoms with Crippen molar-refractivity contribution in [3.8, 4) is 5.75 Å². The molecule has 0 saturated carbocycles. The van der Waals surface area contributed by atoms with E-state index in [1.54, 1.807) is 0 Å². The van der Waals surface area contributed by atoms with Gasteiger partial charge in [0.25, 0.3) is 0 Å². The van der Waals surface area contributed by atoms with Gasteiger partial charge in [0.15, 0.2) is 0 Å². The van der Waals surface area contributed by atoms with Gasteiger partial charge in [0.1, 0.15) is 5.75 Å². The first kappa shape index (κ1) is 16.0. The number of likely N-dealkylation sites (N-methyl/N-ethyl adjacent to an activating group) is 1. The molecule has 0 spiro atoms. The number of benzene rings is 1. The monoisotopic (exact) mass is 267 g/mol. The first-order valence-electron chi connectivity index (χ1n) is 6.69. The fourth-order valence-electron chi connectivity index (χ4n) is 2.02. The molecule has 2 atom stereocenters. The Balaban J connectivity index is 2.54. The van der Waals surface area contributed by atoms with Gasteiger partial charge in [-0.15, -0.1) is 0 Å². The molecule has 0 radical (unpaired) electrons. The average Bonchev–Trinajstić information content (AvgIpc) is 2.41. The van der Waals surface area contributed by atoms with E-state index in [-0.39, 0.29) is 24.9 Å². The van der Waals surface area contributed by atoms with Crippen LogP contribution in [0, 0.1) is 0 Å². The zero-order valence-corrected chi connectivity index (χ0v) is 12.0. The standard InChI is InChI=1S/C15H25NO3/c1-12(10-15(2,11-18)16-3)19-14-6-4-13(5-7-14)8-9-17/h4-7,12,16-18H,8-11H2,1-3H3. The van der Waals surface area contributed by atoms with Gasteiger partial charge in [0.05, 0.1) is 12.7 Å². The lowest BCUT2D eigenvalue weighted by molar-refractivity contribution is 0.115. The molecule has 1 rings (SSSR count). The van der Waals surface area contributed by atoms with Crippen LogP contribution < -0.4 is 10.1 Å². The smallest absolute Gasteiger partial charge is 0.119 e. The van der Waals surface area contributed by atoms with Crippen LogP contribution in [0.4, 0.5) is 0 Å². The quantitative estimate of drug-likeness (QED) is 0.665. The van der Waals surface area contributed by atoms with Crippen molar-refractivity contribution in [3.63, 3.8) is 0 Å². The third-order valence-corrected chi connectivity index (χ3v) is 3.35. The minimum Gasteiger partial charge on any atom is -0.491 e. The van der Waals surface area contributed by atoms with Gasteiger partial charge in [-0.25, -0.2) is 0 Å². The number of ether oxygens (including phenoxy) is 1. The van der Waals surface area contributed by atoms with Gasteiger partial charge in [-0.05, 0) is 45.0 Å². The minimum atomic E-state index is -0.323. The van der Waals surface area contributed by atoms with Crippen LogP contribution in [0.1, 0.15) is 25.8 Å². The third-order valence-electron chi connectivity index (χ3n) is 3.35. The van der Waals surface area contributed by atoms with Gasteiger partial charge in [-0.2, -0.15) is 0 Å². The number of nitrogens with one attached hydrogen (secondary N) is 1. The number of hydrogen-bond acceptors (Lipinski definition) is 4. The number of rotatable bonds is 8. The summed E-state index contributed by atoms with van der Waals surface area (Å²) < 4.78 is 5.83. The number of aliphatic hydroxyl groups is 2. The van der Waals surface area contributed by atoms with E-state index in [9.17, 15) is 5.11 Å². The summed E-state index contributed by atoms with van der Waals surface area (Å²) in [7, 11) is 1.84. The molecule has 1 aromatic carbocycles. The Morgan fingerprint density at radius 3 is 2.37 bits per heavy atom. The summed E-state index contributed by atoms with van der Waals surface area (Å²) in [6.07, 6.45) is 1.39. The van der Waals surface area contributed by atoms with E-state index in [0.717, 1.165) is 17.7 Å². The summed E-state index contributed by atoms with van der Waals surface area (Å²) in [5, 5.41) is 21.3. The van der Waals surface area contributed by atoms with Crippen LogP contribution in [0.2, 0.25) is 0 Å². The highest BCUT2D eigenvalue weighted by molar-refractivity contribution is 5.27. The molecule has 0 fully saturated rings. The molecule has 4 heteroatoms. The van der Waals surface area contributed by atoms with E-state index < -0.39 is 0 Å². The van der Waals surface area contributed by atoms with E-state index in [0.29, 0.717) is 6.42 Å². The number of hydrogen-bond donors (Lipinski definition) is 3. The van der Waals surface area contributed by atoms with Gasteiger partial charge in [0.2, 0.25) is 0 Å². The van der Waals surface area contributed by atoms with Crippen molar-refractivity contribution in [2.75, 3.05) is 20.3 Å². The highest BCUT2D eigenvalue weighted by Gasteiger charge is 2.24. The Morgan fingerprint density at radius 2 is 1.89 bits per heavy atom. The molecule has 0 amide bonds. The molecule has 0 aromatic heterocycles. The van der Waals surface area contributed by atoms with Gasteiger partial charge < -0.3 is 20.3 Å². The summed E-state index contributed by atoms with van der Waals surface area (Å²) in [6, 6.07) is 7.75. The first-order valence-corrected chi connectivity index (χ1v) is 6.69. The molecule has 0 aliphatic rings. The predicted molar refractivity (Wildman–Crippen MR) is 76.5 cm³/mol. The normalized spacial score (nSPS) is 15.8. The molecule has 108 valence electrons. The molecule has 2 unspecified atom stereocenters. The van der Waals surface area contributed by atoms with Crippen molar-refractivity contribution in [3.05, 3.63) is 29.8 Å². The topological polar surface area (TPSA) is 61.7 Å². The van der Waals surface area contributed by atoms with Crippen LogP contribution in [0.3, 0.4) is 0 Å². The van der Waals surface area contributed by atoms with E-state index >= 15 is 0 Å². The molecule has 0 saturated heterocycles. The van der Waals surface area contributed by atoms with Gasteiger partial charge in [0, 0.05) is 18.6 Å². The van der Waals surface area contributed by atoms with Gasteiger partial charge >= 0.3 is 0 Å². The summed E-state index contributed by atoms with van der Waals surface area (Å²) >= 11 is 0. The lowest BCUT2D eigenvalue weighted by atomic mass is 9.96. The maximum atomic E-state index is 9.35. The fraction of sp³-hybridized carbons (Fsp3) is 0.600. The second-order valence-corrected chi connectivity index (χ2v) is 5.22. The first-order chi connectivity index (χ1) is 9.03. The third kappa shape index (κ3) is 5.19. The predicted octanol–water partition coefficient (Wildman–Crippen LogP) is 1.35. The Morgan fingerprint density at radius 1 is 1.26 bits per heavy atom. The highest BCUT2D eigenvalue weighted by Crippen LogP contribution is 2.18. The summed E-state index contributed by atoms with van der Waals surface area (Å²) in [5.74, 6) is 0.811. The van der Waals surface area contributed by atoms with Crippen molar-refractivity contribution in [1.29, 1.82) is 0 Å². The second kappa shape index (κ2) is 7.48. The zero-order valence-electron chi connectivity index (χ0n) is 12.0. The lowest BCUT2D eigenvalue weighted by Gasteiger charge is -2.30. The SMILES string of the molecule is CNC(C)(CO)CC(C)Oc1ccc(CCO)cc1. The average molecular weight is 267 g/mol. The van der Waals surface area contributed by atoms with Crippen LogP contribution in [0.15, 0.2) is 24.3 Å². The Hall–Kier alpha value is -1.10. The molecule has 19 heavy (non-hydrogen) atoms. The molecule has 0 aliphatic heterocycles. The lowest BCUT2D eigenvalue weighted by Crippen LogP contribution is -2.46. The second-order valence-electron chi connectivity index (χ2n) is 5.22. The highest BCUT2D eigenvalue weighted by atomic mass is 16.5. The number of aliphatic hydroxyl groups excluding tert-OH is 2. The fourth-order valence-corrected chi connectivity index (χ4v) is 2.02. The molecule has 3 N–H and O–H groups in total. The zero-order chi connectivity index (χ0) is 14.3. The van der Waals surface area contributed by atoms with Crippen molar-refractivity contribution < 1.29 is 14.9 Å². The molecule has 4 nitrogen and oxygen atoms in total. The molecule has 0 bridgehead atoms. The van der Waals surface area contributed by atoms with Crippen LogP contribution in [-0.2, 0) is 6.42 Å². The van der Waals surface area contributed by atoms with Crippen LogP contribution >= 0.6 is 0 Å². The Kier molecular flexibility index (Phi) is 6.28. The van der Waals surface area contributed by atoms with E-state index in [1.165, 1.54) is 0 Å². The van der Waals surface area contributed by atoms with E-state index in [4.69, 9.17) is 9.84 Å². The molecule has 1 aromatic rings. The summed E-state index contributed by atoms with van der Waals surface area (Å²) in [6.45, 7) is 4.20. The van der Waals surface area contributed by atoms with E-state index in [1.807, 2.05) is 45.2 Å². The van der Waals surface area contributed by atoms with Crippen molar-refractivity contribution in [2.24, 2.45) is 0 Å². The largest absolute Gasteiger partial charge is 0.491 e. The van der Waals surface area contributed by atoms with Crippen LogP contribution in [-0.4, -0.2) is 42.1 Å². The van der Waals surface area contributed by atoms with E-state index in [2.05, 4.69) is 5.32 Å². The Labute approximate surface area is 115 Å². The molecular weight excluding hydrogens is 242 g/mol. The maximum absolute atomic E-state index is 9.35. The summed E-state index contributed by atoms with van der Waals surface area (Å²) in [4.78, 5) is 0. The van der Waals surface area contributed by atoms with Crippen molar-refractivity contribution in [2.45, 2.75) is 38.3 Å².